The normalized spacial score (nSPS) is 25.8. The molecule has 2 aromatic rings. The highest BCUT2D eigenvalue weighted by molar-refractivity contribution is 5.85. The van der Waals surface area contributed by atoms with E-state index < -0.39 is 17.5 Å². The number of benzene rings is 2. The molecule has 180 valence electrons. The number of ether oxygens (including phenoxy) is 1. The topological polar surface area (TPSA) is 26.3 Å². The number of unbranched alkanes of at least 4 members (excludes halogenated alkanes) is 2. The standard InChI is InChI=1S/C28H35F3O2/c1-2-3-4-5-18-6-8-19(9-7-18)20-10-12-21(13-11-20)28(32)33-23-14-15-24-22(16-23)17-25(29)27(31)26(24)30/h14-21H,2-13H2,1H3. The zero-order chi connectivity index (χ0) is 23.4. The van der Waals surface area contributed by atoms with E-state index in [1.54, 1.807) is 0 Å². The number of halogens is 3. The molecule has 0 N–H and O–H groups in total. The third-order valence-corrected chi connectivity index (χ3v) is 8.04. The highest BCUT2D eigenvalue weighted by Gasteiger charge is 2.33. The van der Waals surface area contributed by atoms with Crippen LogP contribution in [0.5, 0.6) is 5.75 Å². The molecule has 0 radical (unpaired) electrons. The van der Waals surface area contributed by atoms with Crippen molar-refractivity contribution < 1.29 is 22.7 Å². The molecule has 0 bridgehead atoms. The van der Waals surface area contributed by atoms with Crippen LogP contribution in [0.25, 0.3) is 10.8 Å². The Balaban J connectivity index is 1.26. The van der Waals surface area contributed by atoms with Gasteiger partial charge in [-0.05, 0) is 85.9 Å². The number of carbonyl (C=O) groups excluding carboxylic acids is 1. The lowest BCUT2D eigenvalue weighted by atomic mass is 9.68. The monoisotopic (exact) mass is 460 g/mol. The van der Waals surface area contributed by atoms with Crippen LogP contribution >= 0.6 is 0 Å². The molecule has 2 aromatic carbocycles. The van der Waals surface area contributed by atoms with Crippen LogP contribution in [0.4, 0.5) is 13.2 Å². The van der Waals surface area contributed by atoms with E-state index in [4.69, 9.17) is 4.74 Å². The molecule has 0 spiro atoms. The van der Waals surface area contributed by atoms with Gasteiger partial charge in [0.05, 0.1) is 5.92 Å². The summed E-state index contributed by atoms with van der Waals surface area (Å²) in [5.41, 5.74) is 0. The molecule has 0 heterocycles. The molecule has 0 amide bonds. The van der Waals surface area contributed by atoms with Crippen molar-refractivity contribution in [2.75, 3.05) is 0 Å². The van der Waals surface area contributed by atoms with Crippen LogP contribution in [-0.4, -0.2) is 5.97 Å². The van der Waals surface area contributed by atoms with Gasteiger partial charge in [-0.15, -0.1) is 0 Å². The molecular weight excluding hydrogens is 425 g/mol. The Morgan fingerprint density at radius 1 is 0.879 bits per heavy atom. The lowest BCUT2D eigenvalue weighted by Crippen LogP contribution is -2.30. The zero-order valence-electron chi connectivity index (χ0n) is 19.6. The van der Waals surface area contributed by atoms with Crippen LogP contribution in [0.2, 0.25) is 0 Å². The van der Waals surface area contributed by atoms with E-state index in [9.17, 15) is 18.0 Å². The minimum Gasteiger partial charge on any atom is -0.426 e. The van der Waals surface area contributed by atoms with Crippen LogP contribution in [-0.2, 0) is 4.79 Å². The van der Waals surface area contributed by atoms with Gasteiger partial charge in [-0.3, -0.25) is 4.79 Å². The van der Waals surface area contributed by atoms with Crippen LogP contribution in [0.15, 0.2) is 24.3 Å². The van der Waals surface area contributed by atoms with Crippen LogP contribution in [0.1, 0.15) is 84.0 Å². The molecule has 2 aliphatic rings. The van der Waals surface area contributed by atoms with Gasteiger partial charge in [-0.1, -0.05) is 45.4 Å². The summed E-state index contributed by atoms with van der Waals surface area (Å²) in [6.45, 7) is 2.26. The van der Waals surface area contributed by atoms with Crippen molar-refractivity contribution in [1.82, 2.24) is 0 Å². The van der Waals surface area contributed by atoms with Crippen molar-refractivity contribution in [2.24, 2.45) is 23.7 Å². The summed E-state index contributed by atoms with van der Waals surface area (Å²) in [7, 11) is 0. The first kappa shape index (κ1) is 24.1. The summed E-state index contributed by atoms with van der Waals surface area (Å²) in [5.74, 6) is -1.72. The minimum atomic E-state index is -1.49. The molecule has 2 aliphatic carbocycles. The first-order valence-corrected chi connectivity index (χ1v) is 12.7. The first-order valence-electron chi connectivity index (χ1n) is 12.7. The number of carbonyl (C=O) groups is 1. The molecule has 2 nitrogen and oxygen atoms in total. The van der Waals surface area contributed by atoms with Gasteiger partial charge >= 0.3 is 5.97 Å². The third kappa shape index (κ3) is 5.73. The molecule has 0 unspecified atom stereocenters. The average Bonchev–Trinajstić information content (AvgIpc) is 2.83. The van der Waals surface area contributed by atoms with Crippen molar-refractivity contribution in [1.29, 1.82) is 0 Å². The van der Waals surface area contributed by atoms with E-state index in [-0.39, 0.29) is 28.4 Å². The molecule has 0 atom stereocenters. The van der Waals surface area contributed by atoms with Crippen molar-refractivity contribution >= 4 is 16.7 Å². The van der Waals surface area contributed by atoms with Gasteiger partial charge in [0, 0.05) is 5.39 Å². The van der Waals surface area contributed by atoms with Gasteiger partial charge in [0.1, 0.15) is 5.75 Å². The smallest absolute Gasteiger partial charge is 0.314 e. The second kappa shape index (κ2) is 10.9. The van der Waals surface area contributed by atoms with E-state index in [2.05, 4.69) is 6.92 Å². The van der Waals surface area contributed by atoms with Crippen molar-refractivity contribution in [3.05, 3.63) is 41.7 Å². The quantitative estimate of drug-likeness (QED) is 0.180. The SMILES string of the molecule is CCCCCC1CCC(C2CCC(C(=O)Oc3ccc4c(F)c(F)c(F)cc4c3)CC2)CC1. The van der Waals surface area contributed by atoms with Gasteiger partial charge in [0.25, 0.3) is 0 Å². The third-order valence-electron chi connectivity index (χ3n) is 8.04. The molecule has 4 rings (SSSR count). The van der Waals surface area contributed by atoms with Gasteiger partial charge in [0.15, 0.2) is 17.5 Å². The largest absolute Gasteiger partial charge is 0.426 e. The highest BCUT2D eigenvalue weighted by Crippen LogP contribution is 2.42. The Kier molecular flexibility index (Phi) is 7.98. The number of rotatable bonds is 7. The van der Waals surface area contributed by atoms with Crippen molar-refractivity contribution in [2.45, 2.75) is 84.0 Å². The Hall–Kier alpha value is -2.04. The van der Waals surface area contributed by atoms with Gasteiger partial charge in [-0.25, -0.2) is 13.2 Å². The molecule has 2 fully saturated rings. The Labute approximate surface area is 194 Å². The summed E-state index contributed by atoms with van der Waals surface area (Å²) in [6.07, 6.45) is 14.6. The molecule has 0 aromatic heterocycles. The summed E-state index contributed by atoms with van der Waals surface area (Å²) < 4.78 is 46.4. The van der Waals surface area contributed by atoms with Gasteiger partial charge in [0.2, 0.25) is 0 Å². The maximum Gasteiger partial charge on any atom is 0.314 e. The average molecular weight is 461 g/mol. The summed E-state index contributed by atoms with van der Waals surface area (Å²) in [4.78, 5) is 12.7. The molecule has 33 heavy (non-hydrogen) atoms. The second-order valence-corrected chi connectivity index (χ2v) is 10.2. The van der Waals surface area contributed by atoms with E-state index >= 15 is 0 Å². The van der Waals surface area contributed by atoms with E-state index in [0.29, 0.717) is 5.92 Å². The van der Waals surface area contributed by atoms with E-state index in [1.165, 1.54) is 69.6 Å². The lowest BCUT2D eigenvalue weighted by molar-refractivity contribution is -0.140. The van der Waals surface area contributed by atoms with Gasteiger partial charge in [-0.2, -0.15) is 0 Å². The molecule has 5 heteroatoms. The molecule has 0 aliphatic heterocycles. The number of esters is 1. The number of hydrogen-bond acceptors (Lipinski definition) is 2. The van der Waals surface area contributed by atoms with Crippen LogP contribution in [0, 0.1) is 41.1 Å². The van der Waals surface area contributed by atoms with Gasteiger partial charge < -0.3 is 4.74 Å². The summed E-state index contributed by atoms with van der Waals surface area (Å²) in [5, 5.41) is 0.139. The fourth-order valence-electron chi connectivity index (χ4n) is 6.00. The lowest BCUT2D eigenvalue weighted by Gasteiger charge is -2.37. The van der Waals surface area contributed by atoms with E-state index in [0.717, 1.165) is 43.6 Å². The number of fused-ring (bicyclic) bond motifs is 1. The molecule has 0 saturated heterocycles. The predicted molar refractivity (Wildman–Crippen MR) is 124 cm³/mol. The van der Waals surface area contributed by atoms with Crippen molar-refractivity contribution in [3.8, 4) is 5.75 Å². The Morgan fingerprint density at radius 2 is 1.55 bits per heavy atom. The maximum atomic E-state index is 13.9. The molecule has 2 saturated carbocycles. The second-order valence-electron chi connectivity index (χ2n) is 10.2. The fraction of sp³-hybridized carbons (Fsp3) is 0.607. The maximum absolute atomic E-state index is 13.9. The Morgan fingerprint density at radius 3 is 2.21 bits per heavy atom. The predicted octanol–water partition coefficient (Wildman–Crippen LogP) is 8.36. The van der Waals surface area contributed by atoms with Crippen molar-refractivity contribution in [3.63, 3.8) is 0 Å². The zero-order valence-corrected chi connectivity index (χ0v) is 19.6. The summed E-state index contributed by atoms with van der Waals surface area (Å²) in [6, 6.07) is 5.08. The van der Waals surface area contributed by atoms with E-state index in [1.807, 2.05) is 0 Å². The van der Waals surface area contributed by atoms with Crippen LogP contribution in [0.3, 0.4) is 0 Å². The summed E-state index contributed by atoms with van der Waals surface area (Å²) >= 11 is 0. The highest BCUT2D eigenvalue weighted by atomic mass is 19.2. The minimum absolute atomic E-state index is 0.0331. The first-order chi connectivity index (χ1) is 16.0. The Bertz CT molecular complexity index is 957. The van der Waals surface area contributed by atoms with Crippen LogP contribution < -0.4 is 4.74 Å². The fourth-order valence-corrected chi connectivity index (χ4v) is 6.00. The molecular formula is C28H35F3O2. The number of hydrogen-bond donors (Lipinski definition) is 0.